The van der Waals surface area contributed by atoms with Gasteiger partial charge in [0.1, 0.15) is 5.56 Å². The van der Waals surface area contributed by atoms with Gasteiger partial charge in [0, 0.05) is 6.20 Å². The molecule has 0 radical (unpaired) electrons. The number of aromatic nitrogens is 1. The van der Waals surface area contributed by atoms with E-state index in [4.69, 9.17) is 0 Å². The quantitative estimate of drug-likeness (QED) is 0.493. The van der Waals surface area contributed by atoms with Crippen molar-refractivity contribution in [2.24, 2.45) is 5.14 Å². The molecule has 1 heterocycles. The molecule has 1 aromatic heterocycles. The van der Waals surface area contributed by atoms with Crippen molar-refractivity contribution in [1.82, 2.24) is 4.98 Å². The Kier molecular flexibility index (Phi) is 3.33. The van der Waals surface area contributed by atoms with Crippen molar-refractivity contribution in [3.05, 3.63) is 27.8 Å². The summed E-state index contributed by atoms with van der Waals surface area (Å²) in [6, 6.07) is 0. The summed E-state index contributed by atoms with van der Waals surface area (Å²) < 4.78 is 59.6. The van der Waals surface area contributed by atoms with Gasteiger partial charge in [-0.25, -0.2) is 27.3 Å². The lowest BCUT2D eigenvalue weighted by atomic mass is 10.2. The van der Waals surface area contributed by atoms with Gasteiger partial charge in [0.05, 0.1) is 4.92 Å². The van der Waals surface area contributed by atoms with E-state index in [2.05, 4.69) is 10.1 Å². The van der Waals surface area contributed by atoms with Gasteiger partial charge >= 0.3 is 5.69 Å². The van der Waals surface area contributed by atoms with Crippen molar-refractivity contribution in [2.75, 3.05) is 0 Å². The molecular formula is C6H4F3N3O4S. The van der Waals surface area contributed by atoms with Crippen molar-refractivity contribution < 1.29 is 26.5 Å². The fourth-order valence-corrected chi connectivity index (χ4v) is 1.82. The number of nitrogens with two attached hydrogens (primary N) is 1. The number of hydrogen-bond donors (Lipinski definition) is 1. The maximum absolute atomic E-state index is 13.0. The topological polar surface area (TPSA) is 116 Å². The minimum Gasteiger partial charge on any atom is -0.258 e. The number of nitrogens with zero attached hydrogens (tertiary/aromatic N) is 2. The smallest absolute Gasteiger partial charge is 0.258 e. The van der Waals surface area contributed by atoms with Crippen LogP contribution >= 0.6 is 0 Å². The first-order valence-electron chi connectivity index (χ1n) is 3.80. The second-order valence-corrected chi connectivity index (χ2v) is 4.28. The summed E-state index contributed by atoms with van der Waals surface area (Å²) in [6.45, 7) is 0. The molecule has 0 aliphatic heterocycles. The zero-order valence-electron chi connectivity index (χ0n) is 7.80. The van der Waals surface area contributed by atoms with Crippen LogP contribution in [0.5, 0.6) is 0 Å². The van der Waals surface area contributed by atoms with Gasteiger partial charge < -0.3 is 0 Å². The lowest BCUT2D eigenvalue weighted by molar-refractivity contribution is -0.389. The second kappa shape index (κ2) is 4.25. The van der Waals surface area contributed by atoms with Crippen LogP contribution in [0.2, 0.25) is 0 Å². The van der Waals surface area contributed by atoms with E-state index in [-0.39, 0.29) is 6.20 Å². The van der Waals surface area contributed by atoms with E-state index in [0.717, 1.165) is 0 Å². The predicted molar refractivity (Wildman–Crippen MR) is 47.2 cm³/mol. The molecule has 0 unspecified atom stereocenters. The van der Waals surface area contributed by atoms with Gasteiger partial charge in [-0.15, -0.1) is 0 Å². The van der Waals surface area contributed by atoms with Crippen LogP contribution in [0.15, 0.2) is 11.1 Å². The van der Waals surface area contributed by atoms with Gasteiger partial charge in [-0.2, -0.15) is 4.39 Å². The number of rotatable bonds is 3. The molecule has 0 spiro atoms. The lowest BCUT2D eigenvalue weighted by Crippen LogP contribution is -2.18. The summed E-state index contributed by atoms with van der Waals surface area (Å²) in [7, 11) is -4.88. The minimum absolute atomic E-state index is 0.187. The highest BCUT2D eigenvalue weighted by Crippen LogP contribution is 2.34. The first-order chi connectivity index (χ1) is 7.66. The SMILES string of the molecule is NS(=O)(=O)c1c(F)ncc(C(F)F)c1[N+](=O)[O-]. The van der Waals surface area contributed by atoms with E-state index < -0.39 is 43.5 Å². The second-order valence-electron chi connectivity index (χ2n) is 2.78. The maximum atomic E-state index is 13.0. The highest BCUT2D eigenvalue weighted by Gasteiger charge is 2.35. The van der Waals surface area contributed by atoms with Crippen LogP contribution in [-0.2, 0) is 10.0 Å². The number of pyridine rings is 1. The Morgan fingerprint density at radius 2 is 2.00 bits per heavy atom. The van der Waals surface area contributed by atoms with E-state index in [1.807, 2.05) is 0 Å². The minimum atomic E-state index is -4.88. The van der Waals surface area contributed by atoms with E-state index in [1.165, 1.54) is 0 Å². The van der Waals surface area contributed by atoms with Crippen LogP contribution in [0.3, 0.4) is 0 Å². The molecule has 94 valence electrons. The first-order valence-corrected chi connectivity index (χ1v) is 5.34. The predicted octanol–water partition coefficient (Wildman–Crippen LogP) is 0.714. The van der Waals surface area contributed by atoms with E-state index in [1.54, 1.807) is 0 Å². The zero-order valence-corrected chi connectivity index (χ0v) is 8.62. The molecule has 0 aliphatic rings. The number of nitro groups is 1. The number of halogens is 3. The Bertz CT molecular complexity index is 574. The monoisotopic (exact) mass is 271 g/mol. The summed E-state index contributed by atoms with van der Waals surface area (Å²) in [5.74, 6) is -1.80. The molecule has 11 heteroatoms. The zero-order chi connectivity index (χ0) is 13.4. The van der Waals surface area contributed by atoms with Gasteiger partial charge in [-0.1, -0.05) is 0 Å². The normalized spacial score (nSPS) is 11.8. The van der Waals surface area contributed by atoms with Crippen molar-refractivity contribution in [2.45, 2.75) is 11.3 Å². The third kappa shape index (κ3) is 2.50. The van der Waals surface area contributed by atoms with E-state index in [9.17, 15) is 31.7 Å². The van der Waals surface area contributed by atoms with Gasteiger partial charge in [-0.05, 0) is 0 Å². The number of hydrogen-bond acceptors (Lipinski definition) is 5. The van der Waals surface area contributed by atoms with E-state index in [0.29, 0.717) is 0 Å². The summed E-state index contributed by atoms with van der Waals surface area (Å²) in [5, 5.41) is 15.0. The average Bonchev–Trinajstić information content (AvgIpc) is 2.14. The Hall–Kier alpha value is -1.75. The average molecular weight is 271 g/mol. The molecule has 17 heavy (non-hydrogen) atoms. The molecule has 0 amide bonds. The number of alkyl halides is 2. The third-order valence-corrected chi connectivity index (χ3v) is 2.63. The molecule has 0 bridgehead atoms. The first kappa shape index (κ1) is 13.3. The summed E-state index contributed by atoms with van der Waals surface area (Å²) in [6.07, 6.45) is -3.20. The molecule has 1 rings (SSSR count). The molecule has 0 saturated heterocycles. The Morgan fingerprint density at radius 1 is 1.47 bits per heavy atom. The molecular weight excluding hydrogens is 267 g/mol. The Morgan fingerprint density at radius 3 is 2.35 bits per heavy atom. The van der Waals surface area contributed by atoms with Crippen molar-refractivity contribution >= 4 is 15.7 Å². The molecule has 0 aliphatic carbocycles. The maximum Gasteiger partial charge on any atom is 0.304 e. The van der Waals surface area contributed by atoms with Crippen LogP contribution < -0.4 is 5.14 Å². The Labute approximate surface area is 92.3 Å². The fourth-order valence-electron chi connectivity index (χ4n) is 1.07. The van der Waals surface area contributed by atoms with Crippen LogP contribution in [0.4, 0.5) is 18.9 Å². The summed E-state index contributed by atoms with van der Waals surface area (Å²) >= 11 is 0. The van der Waals surface area contributed by atoms with Gasteiger partial charge in [0.25, 0.3) is 6.43 Å². The standard InChI is InChI=1S/C6H4F3N3O4S/c7-5(8)2-1-11-6(9)4(17(10,15)16)3(2)12(13)14/h1,5H,(H2,10,15,16). The van der Waals surface area contributed by atoms with Crippen molar-refractivity contribution in [1.29, 1.82) is 0 Å². The molecule has 7 nitrogen and oxygen atoms in total. The molecule has 0 saturated carbocycles. The largest absolute Gasteiger partial charge is 0.304 e. The molecule has 2 N–H and O–H groups in total. The van der Waals surface area contributed by atoms with Gasteiger partial charge in [-0.3, -0.25) is 10.1 Å². The van der Waals surface area contributed by atoms with Crippen LogP contribution in [0.25, 0.3) is 0 Å². The third-order valence-electron chi connectivity index (χ3n) is 1.70. The van der Waals surface area contributed by atoms with Crippen LogP contribution in [-0.4, -0.2) is 18.3 Å². The van der Waals surface area contributed by atoms with Crippen LogP contribution in [0, 0.1) is 16.1 Å². The molecule has 0 atom stereocenters. The Balaban J connectivity index is 3.80. The number of primary sulfonamides is 1. The highest BCUT2D eigenvalue weighted by atomic mass is 32.2. The van der Waals surface area contributed by atoms with Gasteiger partial charge in [0.15, 0.2) is 0 Å². The van der Waals surface area contributed by atoms with Crippen LogP contribution in [0.1, 0.15) is 12.0 Å². The number of sulfonamides is 1. The fraction of sp³-hybridized carbons (Fsp3) is 0.167. The van der Waals surface area contributed by atoms with Crippen molar-refractivity contribution in [3.63, 3.8) is 0 Å². The van der Waals surface area contributed by atoms with Gasteiger partial charge in [0.2, 0.25) is 20.9 Å². The lowest BCUT2D eigenvalue weighted by Gasteiger charge is -2.05. The van der Waals surface area contributed by atoms with E-state index >= 15 is 0 Å². The molecule has 1 aromatic rings. The molecule has 0 fully saturated rings. The van der Waals surface area contributed by atoms with Crippen molar-refractivity contribution in [3.8, 4) is 0 Å². The summed E-state index contributed by atoms with van der Waals surface area (Å²) in [4.78, 5) is 10.1. The summed E-state index contributed by atoms with van der Waals surface area (Å²) in [5.41, 5.74) is -2.92. The molecule has 0 aromatic carbocycles. The highest BCUT2D eigenvalue weighted by molar-refractivity contribution is 7.89.